The van der Waals surface area contributed by atoms with Crippen molar-refractivity contribution in [3.8, 4) is 5.75 Å². The summed E-state index contributed by atoms with van der Waals surface area (Å²) in [6.07, 6.45) is 1.73. The molecule has 9 heteroatoms. The van der Waals surface area contributed by atoms with Crippen molar-refractivity contribution in [1.29, 1.82) is 0 Å². The first-order valence-corrected chi connectivity index (χ1v) is 9.79. The molecule has 1 N–H and O–H groups in total. The summed E-state index contributed by atoms with van der Waals surface area (Å²) in [4.78, 5) is 23.2. The van der Waals surface area contributed by atoms with Gasteiger partial charge in [0.25, 0.3) is 0 Å². The van der Waals surface area contributed by atoms with E-state index >= 15 is 0 Å². The zero-order valence-electron chi connectivity index (χ0n) is 16.0. The molecule has 8 nitrogen and oxygen atoms in total. The standard InChI is InChI=1S/C19H24N4O4S/c1-4-10-23-16(12-27-15-8-6-14(3)7-9-15)21-22-19(23)28-13-17(24)20-11-18(25)26-5-2/h4,6-9H,1,5,10-13H2,2-3H3,(H,20,24). The third kappa shape index (κ3) is 6.73. The van der Waals surface area contributed by atoms with Gasteiger partial charge in [-0.05, 0) is 26.0 Å². The average molecular weight is 404 g/mol. The number of nitrogens with one attached hydrogen (secondary N) is 1. The fourth-order valence-corrected chi connectivity index (χ4v) is 2.99. The van der Waals surface area contributed by atoms with Crippen LogP contribution in [-0.4, -0.2) is 45.5 Å². The van der Waals surface area contributed by atoms with Crippen molar-refractivity contribution in [2.75, 3.05) is 18.9 Å². The maximum absolute atomic E-state index is 11.9. The summed E-state index contributed by atoms with van der Waals surface area (Å²) in [5.74, 6) is 0.726. The number of hydrogen-bond acceptors (Lipinski definition) is 7. The number of hydrogen-bond donors (Lipinski definition) is 1. The zero-order chi connectivity index (χ0) is 20.4. The summed E-state index contributed by atoms with van der Waals surface area (Å²) in [5.41, 5.74) is 1.15. The number of thioether (sulfide) groups is 1. The molecule has 0 radical (unpaired) electrons. The molecule has 0 aliphatic rings. The molecule has 1 aromatic heterocycles. The Labute approximate surface area is 168 Å². The van der Waals surface area contributed by atoms with Crippen LogP contribution < -0.4 is 10.1 Å². The van der Waals surface area contributed by atoms with Crippen molar-refractivity contribution in [1.82, 2.24) is 20.1 Å². The van der Waals surface area contributed by atoms with Crippen LogP contribution in [0.1, 0.15) is 18.3 Å². The smallest absolute Gasteiger partial charge is 0.325 e. The van der Waals surface area contributed by atoms with E-state index in [2.05, 4.69) is 22.1 Å². The highest BCUT2D eigenvalue weighted by Gasteiger charge is 2.14. The lowest BCUT2D eigenvalue weighted by Crippen LogP contribution is -2.31. The maximum atomic E-state index is 11.9. The molecule has 0 aliphatic heterocycles. The van der Waals surface area contributed by atoms with Gasteiger partial charge in [0.2, 0.25) is 5.91 Å². The number of benzene rings is 1. The molecule has 2 rings (SSSR count). The van der Waals surface area contributed by atoms with Gasteiger partial charge in [-0.15, -0.1) is 16.8 Å². The molecule has 0 aliphatic carbocycles. The fraction of sp³-hybridized carbons (Fsp3) is 0.368. The Morgan fingerprint density at radius 3 is 2.71 bits per heavy atom. The topological polar surface area (TPSA) is 95.3 Å². The average Bonchev–Trinajstić information content (AvgIpc) is 3.06. The van der Waals surface area contributed by atoms with Gasteiger partial charge in [-0.1, -0.05) is 35.5 Å². The molecule has 0 atom stereocenters. The van der Waals surface area contributed by atoms with E-state index < -0.39 is 5.97 Å². The van der Waals surface area contributed by atoms with E-state index in [0.717, 1.165) is 11.3 Å². The van der Waals surface area contributed by atoms with Crippen molar-refractivity contribution in [2.45, 2.75) is 32.2 Å². The Bertz CT molecular complexity index is 805. The minimum atomic E-state index is -0.466. The van der Waals surface area contributed by atoms with Gasteiger partial charge in [-0.2, -0.15) is 0 Å². The number of aryl methyl sites for hydroxylation is 1. The van der Waals surface area contributed by atoms with Crippen molar-refractivity contribution >= 4 is 23.6 Å². The van der Waals surface area contributed by atoms with Crippen LogP contribution in [0.2, 0.25) is 0 Å². The molecule has 0 saturated carbocycles. The second-order valence-corrected chi connectivity index (χ2v) is 6.71. The largest absolute Gasteiger partial charge is 0.486 e. The first kappa shape index (κ1) is 21.5. The van der Waals surface area contributed by atoms with Crippen LogP contribution in [-0.2, 0) is 27.5 Å². The van der Waals surface area contributed by atoms with Crippen LogP contribution in [0.3, 0.4) is 0 Å². The summed E-state index contributed by atoms with van der Waals surface area (Å²) in [6.45, 7) is 8.34. The van der Waals surface area contributed by atoms with Gasteiger partial charge < -0.3 is 14.8 Å². The molecule has 0 unspecified atom stereocenters. The number of amides is 1. The highest BCUT2D eigenvalue weighted by Crippen LogP contribution is 2.19. The maximum Gasteiger partial charge on any atom is 0.325 e. The minimum Gasteiger partial charge on any atom is -0.486 e. The molecule has 0 bridgehead atoms. The fourth-order valence-electron chi connectivity index (χ4n) is 2.19. The second-order valence-electron chi connectivity index (χ2n) is 5.77. The van der Waals surface area contributed by atoms with E-state index in [4.69, 9.17) is 9.47 Å². The molecule has 0 fully saturated rings. The van der Waals surface area contributed by atoms with Gasteiger partial charge in [-0.25, -0.2) is 0 Å². The normalized spacial score (nSPS) is 10.4. The van der Waals surface area contributed by atoms with E-state index in [9.17, 15) is 9.59 Å². The molecule has 28 heavy (non-hydrogen) atoms. The van der Waals surface area contributed by atoms with Crippen LogP contribution >= 0.6 is 11.8 Å². The van der Waals surface area contributed by atoms with Gasteiger partial charge in [0.1, 0.15) is 18.9 Å². The van der Waals surface area contributed by atoms with E-state index in [0.29, 0.717) is 17.5 Å². The van der Waals surface area contributed by atoms with Gasteiger partial charge in [-0.3, -0.25) is 14.2 Å². The number of carbonyl (C=O) groups excluding carboxylic acids is 2. The third-order valence-corrected chi connectivity index (χ3v) is 4.53. The van der Waals surface area contributed by atoms with Gasteiger partial charge in [0, 0.05) is 6.54 Å². The van der Waals surface area contributed by atoms with Crippen molar-refractivity contribution in [3.05, 3.63) is 48.3 Å². The monoisotopic (exact) mass is 404 g/mol. The van der Waals surface area contributed by atoms with Crippen LogP contribution in [0, 0.1) is 6.92 Å². The highest BCUT2D eigenvalue weighted by molar-refractivity contribution is 7.99. The third-order valence-electron chi connectivity index (χ3n) is 3.56. The number of nitrogens with zero attached hydrogens (tertiary/aromatic N) is 3. The molecule has 0 saturated heterocycles. The second kappa shape index (κ2) is 11.1. The molecule has 0 spiro atoms. The summed E-state index contributed by atoms with van der Waals surface area (Å²) < 4.78 is 12.4. The lowest BCUT2D eigenvalue weighted by Gasteiger charge is -2.09. The van der Waals surface area contributed by atoms with Crippen LogP contribution in [0.5, 0.6) is 5.75 Å². The Morgan fingerprint density at radius 2 is 2.04 bits per heavy atom. The van der Waals surface area contributed by atoms with Gasteiger partial charge >= 0.3 is 5.97 Å². The number of carbonyl (C=O) groups is 2. The summed E-state index contributed by atoms with van der Waals surface area (Å²) in [5, 5.41) is 11.4. The summed E-state index contributed by atoms with van der Waals surface area (Å²) in [7, 11) is 0. The molecule has 2 aromatic rings. The Balaban J connectivity index is 1.91. The summed E-state index contributed by atoms with van der Waals surface area (Å²) in [6, 6.07) is 7.74. The van der Waals surface area contributed by atoms with Crippen LogP contribution in [0.15, 0.2) is 42.1 Å². The van der Waals surface area contributed by atoms with Crippen molar-refractivity contribution < 1.29 is 19.1 Å². The van der Waals surface area contributed by atoms with Crippen LogP contribution in [0.25, 0.3) is 0 Å². The molecule has 1 aromatic carbocycles. The number of allylic oxidation sites excluding steroid dienone is 1. The molecule has 150 valence electrons. The highest BCUT2D eigenvalue weighted by atomic mass is 32.2. The van der Waals surface area contributed by atoms with E-state index in [1.807, 2.05) is 35.8 Å². The zero-order valence-corrected chi connectivity index (χ0v) is 16.8. The summed E-state index contributed by atoms with van der Waals surface area (Å²) >= 11 is 1.23. The minimum absolute atomic E-state index is 0.105. The van der Waals surface area contributed by atoms with Gasteiger partial charge in [0.15, 0.2) is 11.0 Å². The molecular weight excluding hydrogens is 380 g/mol. The Hall–Kier alpha value is -2.81. The lowest BCUT2D eigenvalue weighted by atomic mass is 10.2. The van der Waals surface area contributed by atoms with E-state index in [1.165, 1.54) is 11.8 Å². The first-order valence-electron chi connectivity index (χ1n) is 8.81. The Morgan fingerprint density at radius 1 is 1.29 bits per heavy atom. The molecular formula is C19H24N4O4S. The predicted molar refractivity (Wildman–Crippen MR) is 106 cm³/mol. The van der Waals surface area contributed by atoms with Crippen molar-refractivity contribution in [3.63, 3.8) is 0 Å². The van der Waals surface area contributed by atoms with E-state index in [-0.39, 0.29) is 31.4 Å². The Kier molecular flexibility index (Phi) is 8.54. The van der Waals surface area contributed by atoms with Gasteiger partial charge in [0.05, 0.1) is 12.4 Å². The number of rotatable bonds is 11. The molecule has 1 heterocycles. The van der Waals surface area contributed by atoms with Crippen LogP contribution in [0.4, 0.5) is 0 Å². The SMILES string of the molecule is C=CCn1c(COc2ccc(C)cc2)nnc1SCC(=O)NCC(=O)OCC. The van der Waals surface area contributed by atoms with Crippen molar-refractivity contribution in [2.24, 2.45) is 0 Å². The predicted octanol–water partition coefficient (Wildman–Crippen LogP) is 2.12. The number of esters is 1. The molecule has 1 amide bonds. The van der Waals surface area contributed by atoms with E-state index in [1.54, 1.807) is 13.0 Å². The first-order chi connectivity index (χ1) is 13.5. The number of ether oxygens (including phenoxy) is 2. The lowest BCUT2D eigenvalue weighted by molar-refractivity contribution is -0.143. The quantitative estimate of drug-likeness (QED) is 0.348. The number of aromatic nitrogens is 3.